The molecule has 0 atom stereocenters. The lowest BCUT2D eigenvalue weighted by Crippen LogP contribution is -2.26. The number of anilines is 1. The Morgan fingerprint density at radius 2 is 1.82 bits per heavy atom. The van der Waals surface area contributed by atoms with E-state index in [-0.39, 0.29) is 23.3 Å². The lowest BCUT2D eigenvalue weighted by atomic mass is 10.1. The van der Waals surface area contributed by atoms with Gasteiger partial charge in [0.15, 0.2) is 5.69 Å². The van der Waals surface area contributed by atoms with Gasteiger partial charge in [-0.2, -0.15) is 0 Å². The van der Waals surface area contributed by atoms with E-state index in [0.717, 1.165) is 16.8 Å². The van der Waals surface area contributed by atoms with Crippen LogP contribution < -0.4 is 10.6 Å². The van der Waals surface area contributed by atoms with Gasteiger partial charge in [0.1, 0.15) is 0 Å². The summed E-state index contributed by atoms with van der Waals surface area (Å²) in [6.45, 7) is 4.91. The Morgan fingerprint density at radius 1 is 1.07 bits per heavy atom. The Labute approximate surface area is 163 Å². The number of carbonyl (C=O) groups is 2. The van der Waals surface area contributed by atoms with E-state index < -0.39 is 0 Å². The van der Waals surface area contributed by atoms with Crippen molar-refractivity contribution >= 4 is 23.0 Å². The number of benzene rings is 1. The molecule has 2 N–H and O–H groups in total. The van der Waals surface area contributed by atoms with Crippen molar-refractivity contribution in [1.29, 1.82) is 0 Å². The maximum Gasteiger partial charge on any atom is 0.292 e. The quantitative estimate of drug-likeness (QED) is 0.617. The number of amides is 2. The molecular formula is C21H24N4O3. The second kappa shape index (κ2) is 8.67. The average molecular weight is 380 g/mol. The fourth-order valence-electron chi connectivity index (χ4n) is 3.05. The summed E-state index contributed by atoms with van der Waals surface area (Å²) in [5, 5.41) is 5.75. The monoisotopic (exact) mass is 380 g/mol. The lowest BCUT2D eigenvalue weighted by molar-refractivity contribution is 0.0946. The minimum atomic E-state index is -0.364. The van der Waals surface area contributed by atoms with E-state index in [1.54, 1.807) is 29.8 Å². The van der Waals surface area contributed by atoms with Gasteiger partial charge in [-0.05, 0) is 43.5 Å². The Balaban J connectivity index is 1.89. The van der Waals surface area contributed by atoms with Crippen molar-refractivity contribution in [2.45, 2.75) is 20.3 Å². The Bertz CT molecular complexity index is 990. The van der Waals surface area contributed by atoms with Gasteiger partial charge in [-0.1, -0.05) is 24.3 Å². The first-order valence-electron chi connectivity index (χ1n) is 9.14. The summed E-state index contributed by atoms with van der Waals surface area (Å²) in [6.07, 6.45) is 2.43. The summed E-state index contributed by atoms with van der Waals surface area (Å²) in [6, 6.07) is 11.2. The third-order valence-corrected chi connectivity index (χ3v) is 4.50. The van der Waals surface area contributed by atoms with Crippen molar-refractivity contribution in [3.05, 3.63) is 65.2 Å². The topological polar surface area (TPSA) is 84.7 Å². The number of fused-ring (bicyclic) bond motifs is 1. The molecule has 0 aliphatic rings. The van der Waals surface area contributed by atoms with E-state index in [9.17, 15) is 9.59 Å². The standard InChI is InChI=1S/C21H24N4O3/c1-14-8-6-9-15(2)17(14)24-21(27)19-23-18(16-10-4-5-12-25(16)19)20(26)22-11-7-13-28-3/h4-6,8-10,12H,7,11,13H2,1-3H3,(H,22,26)(H,24,27). The summed E-state index contributed by atoms with van der Waals surface area (Å²) in [7, 11) is 1.62. The zero-order valence-corrected chi connectivity index (χ0v) is 16.3. The molecule has 0 aliphatic carbocycles. The first-order chi connectivity index (χ1) is 13.5. The number of carbonyl (C=O) groups excluding carboxylic acids is 2. The number of nitrogens with zero attached hydrogens (tertiary/aromatic N) is 2. The SMILES string of the molecule is COCCCNC(=O)c1nc(C(=O)Nc2c(C)cccc2C)n2ccccc12. The number of aromatic nitrogens is 2. The Hall–Kier alpha value is -3.19. The molecule has 0 spiro atoms. The van der Waals surface area contributed by atoms with Crippen LogP contribution >= 0.6 is 0 Å². The molecule has 2 heterocycles. The van der Waals surface area contributed by atoms with Crippen molar-refractivity contribution in [3.63, 3.8) is 0 Å². The van der Waals surface area contributed by atoms with Crippen molar-refractivity contribution in [2.75, 3.05) is 25.6 Å². The van der Waals surface area contributed by atoms with Crippen molar-refractivity contribution in [3.8, 4) is 0 Å². The van der Waals surface area contributed by atoms with Gasteiger partial charge in [-0.15, -0.1) is 0 Å². The van der Waals surface area contributed by atoms with Crippen LogP contribution in [0.3, 0.4) is 0 Å². The summed E-state index contributed by atoms with van der Waals surface area (Å²) in [5.41, 5.74) is 3.49. The smallest absolute Gasteiger partial charge is 0.292 e. The van der Waals surface area contributed by atoms with E-state index in [1.807, 2.05) is 38.1 Å². The fraction of sp³-hybridized carbons (Fsp3) is 0.286. The van der Waals surface area contributed by atoms with Crippen LogP contribution in [-0.2, 0) is 4.74 Å². The number of pyridine rings is 1. The number of methoxy groups -OCH3 is 1. The van der Waals surface area contributed by atoms with Gasteiger partial charge in [0, 0.05) is 32.1 Å². The first-order valence-corrected chi connectivity index (χ1v) is 9.14. The first kappa shape index (κ1) is 19.6. The second-order valence-electron chi connectivity index (χ2n) is 6.56. The van der Waals surface area contributed by atoms with Crippen LogP contribution in [0.15, 0.2) is 42.6 Å². The highest BCUT2D eigenvalue weighted by molar-refractivity contribution is 6.06. The lowest BCUT2D eigenvalue weighted by Gasteiger charge is -2.10. The largest absolute Gasteiger partial charge is 0.385 e. The van der Waals surface area contributed by atoms with Gasteiger partial charge >= 0.3 is 0 Å². The Kier molecular flexibility index (Phi) is 6.06. The van der Waals surface area contributed by atoms with Gasteiger partial charge in [-0.25, -0.2) is 4.98 Å². The summed E-state index contributed by atoms with van der Waals surface area (Å²) < 4.78 is 6.62. The maximum absolute atomic E-state index is 12.9. The number of imidazole rings is 1. The highest BCUT2D eigenvalue weighted by atomic mass is 16.5. The molecule has 0 bridgehead atoms. The van der Waals surface area contributed by atoms with Crippen LogP contribution in [0.4, 0.5) is 5.69 Å². The van der Waals surface area contributed by atoms with E-state index in [1.165, 1.54) is 0 Å². The van der Waals surface area contributed by atoms with E-state index >= 15 is 0 Å². The van der Waals surface area contributed by atoms with Gasteiger partial charge in [-0.3, -0.25) is 14.0 Å². The second-order valence-corrected chi connectivity index (χ2v) is 6.56. The maximum atomic E-state index is 12.9. The molecular weight excluding hydrogens is 356 g/mol. The zero-order chi connectivity index (χ0) is 20.1. The van der Waals surface area contributed by atoms with Crippen molar-refractivity contribution < 1.29 is 14.3 Å². The number of hydrogen-bond donors (Lipinski definition) is 2. The molecule has 1 aromatic carbocycles. The fourth-order valence-corrected chi connectivity index (χ4v) is 3.05. The molecule has 0 unspecified atom stereocenters. The summed E-state index contributed by atoms with van der Waals surface area (Å²) in [4.78, 5) is 29.8. The van der Waals surface area contributed by atoms with Gasteiger partial charge < -0.3 is 15.4 Å². The van der Waals surface area contributed by atoms with Crippen molar-refractivity contribution in [2.24, 2.45) is 0 Å². The highest BCUT2D eigenvalue weighted by Crippen LogP contribution is 2.21. The van der Waals surface area contributed by atoms with E-state index in [2.05, 4.69) is 15.6 Å². The molecule has 0 radical (unpaired) electrons. The molecule has 2 amide bonds. The Morgan fingerprint density at radius 3 is 2.54 bits per heavy atom. The minimum absolute atomic E-state index is 0.167. The minimum Gasteiger partial charge on any atom is -0.385 e. The number of aryl methyl sites for hydroxylation is 2. The molecule has 0 aliphatic heterocycles. The third-order valence-electron chi connectivity index (χ3n) is 4.50. The predicted molar refractivity (Wildman–Crippen MR) is 108 cm³/mol. The van der Waals surface area contributed by atoms with Gasteiger partial charge in [0.05, 0.1) is 5.52 Å². The van der Waals surface area contributed by atoms with Crippen molar-refractivity contribution in [1.82, 2.24) is 14.7 Å². The molecule has 7 nitrogen and oxygen atoms in total. The molecule has 0 fully saturated rings. The summed E-state index contributed by atoms with van der Waals surface area (Å²) >= 11 is 0. The molecule has 0 saturated carbocycles. The van der Waals surface area contributed by atoms with Crippen LogP contribution in [0.5, 0.6) is 0 Å². The molecule has 3 aromatic rings. The predicted octanol–water partition coefficient (Wildman–Crippen LogP) is 2.97. The number of nitrogens with one attached hydrogen (secondary N) is 2. The average Bonchev–Trinajstić information content (AvgIpc) is 3.08. The molecule has 28 heavy (non-hydrogen) atoms. The normalized spacial score (nSPS) is 10.8. The molecule has 7 heteroatoms. The van der Waals surface area contributed by atoms with Crippen LogP contribution in [0.25, 0.3) is 5.52 Å². The molecule has 2 aromatic heterocycles. The highest BCUT2D eigenvalue weighted by Gasteiger charge is 2.22. The number of rotatable bonds is 7. The molecule has 0 saturated heterocycles. The van der Waals surface area contributed by atoms with Crippen LogP contribution in [0, 0.1) is 13.8 Å². The van der Waals surface area contributed by atoms with Crippen LogP contribution in [-0.4, -0.2) is 41.5 Å². The molecule has 3 rings (SSSR count). The number of para-hydroxylation sites is 1. The summed E-state index contributed by atoms with van der Waals surface area (Å²) in [5.74, 6) is -0.511. The van der Waals surface area contributed by atoms with Crippen LogP contribution in [0.1, 0.15) is 38.7 Å². The van der Waals surface area contributed by atoms with E-state index in [4.69, 9.17) is 4.74 Å². The third kappa shape index (κ3) is 4.04. The van der Waals surface area contributed by atoms with Gasteiger partial charge in [0.2, 0.25) is 5.82 Å². The van der Waals surface area contributed by atoms with Gasteiger partial charge in [0.25, 0.3) is 11.8 Å². The number of ether oxygens (including phenoxy) is 1. The molecule has 146 valence electrons. The zero-order valence-electron chi connectivity index (χ0n) is 16.3. The number of hydrogen-bond acceptors (Lipinski definition) is 4. The van der Waals surface area contributed by atoms with Crippen LogP contribution in [0.2, 0.25) is 0 Å². The van der Waals surface area contributed by atoms with E-state index in [0.29, 0.717) is 25.1 Å².